The van der Waals surface area contributed by atoms with Crippen LogP contribution >= 0.6 is 0 Å². The molecule has 3 rings (SSSR count). The molecule has 2 aromatic rings. The molecule has 2 aromatic carbocycles. The van der Waals surface area contributed by atoms with E-state index in [-0.39, 0.29) is 4.90 Å². The molecule has 0 atom stereocenters. The van der Waals surface area contributed by atoms with Gasteiger partial charge >= 0.3 is 5.97 Å². The van der Waals surface area contributed by atoms with Crippen LogP contribution in [0.5, 0.6) is 0 Å². The van der Waals surface area contributed by atoms with Crippen molar-refractivity contribution in [2.45, 2.75) is 24.7 Å². The van der Waals surface area contributed by atoms with Gasteiger partial charge in [-0.1, -0.05) is 6.92 Å². The maximum Gasteiger partial charge on any atom is 0.340 e. The molecule has 0 aromatic heterocycles. The Hall–Kier alpha value is -2.61. The summed E-state index contributed by atoms with van der Waals surface area (Å²) in [6.07, 6.45) is 2.28. The minimum absolute atomic E-state index is 0.219. The zero-order chi connectivity index (χ0) is 20.3. The summed E-state index contributed by atoms with van der Waals surface area (Å²) in [7, 11) is -2.87. The van der Waals surface area contributed by atoms with Crippen molar-refractivity contribution in [1.29, 1.82) is 0 Å². The summed E-state index contributed by atoms with van der Waals surface area (Å²) in [5.41, 5.74) is 1.00. The van der Waals surface area contributed by atoms with Crippen LogP contribution in [0.4, 0.5) is 15.8 Å². The van der Waals surface area contributed by atoms with Crippen LogP contribution in [0, 0.1) is 11.7 Å². The number of sulfonamides is 1. The highest BCUT2D eigenvalue weighted by molar-refractivity contribution is 7.92. The normalized spacial score (nSPS) is 15.3. The Bertz CT molecular complexity index is 953. The number of carbonyl (C=O) groups is 1. The van der Waals surface area contributed by atoms with Crippen molar-refractivity contribution in [1.82, 2.24) is 0 Å². The smallest absolute Gasteiger partial charge is 0.340 e. The number of rotatable bonds is 5. The first-order valence-corrected chi connectivity index (χ1v) is 10.5. The van der Waals surface area contributed by atoms with Crippen LogP contribution in [-0.2, 0) is 14.8 Å². The Kier molecular flexibility index (Phi) is 5.88. The molecule has 0 bridgehead atoms. The van der Waals surface area contributed by atoms with Gasteiger partial charge in [-0.25, -0.2) is 17.6 Å². The second kappa shape index (κ2) is 8.18. The average Bonchev–Trinajstić information content (AvgIpc) is 2.68. The van der Waals surface area contributed by atoms with E-state index in [1.165, 1.54) is 0 Å². The molecule has 150 valence electrons. The van der Waals surface area contributed by atoms with Crippen LogP contribution in [0.2, 0.25) is 0 Å². The van der Waals surface area contributed by atoms with Crippen molar-refractivity contribution in [3.8, 4) is 0 Å². The third kappa shape index (κ3) is 4.44. The predicted octanol–water partition coefficient (Wildman–Crippen LogP) is 3.65. The van der Waals surface area contributed by atoms with Gasteiger partial charge < -0.3 is 9.64 Å². The van der Waals surface area contributed by atoms with Gasteiger partial charge in [-0.2, -0.15) is 0 Å². The van der Waals surface area contributed by atoms with E-state index in [9.17, 15) is 17.6 Å². The number of esters is 1. The van der Waals surface area contributed by atoms with Crippen molar-refractivity contribution in [2.24, 2.45) is 5.92 Å². The maximum atomic E-state index is 13.7. The van der Waals surface area contributed by atoms with E-state index in [0.29, 0.717) is 5.69 Å². The van der Waals surface area contributed by atoms with Gasteiger partial charge in [0, 0.05) is 24.5 Å². The van der Waals surface area contributed by atoms with Crippen LogP contribution in [0.1, 0.15) is 30.1 Å². The lowest BCUT2D eigenvalue weighted by molar-refractivity contribution is 0.0595. The van der Waals surface area contributed by atoms with E-state index in [2.05, 4.69) is 21.3 Å². The standard InChI is InChI=1S/C20H23FN2O4S/c1-14-9-11-23(12-10-14)16-5-3-15(4-6-16)22-28(25,26)17-7-8-19(21)18(13-17)20(24)27-2/h3-8,13-14,22H,9-12H2,1-2H3. The van der Waals surface area contributed by atoms with E-state index in [0.717, 1.165) is 62.8 Å². The Morgan fingerprint density at radius 1 is 1.14 bits per heavy atom. The molecule has 0 saturated carbocycles. The second-order valence-electron chi connectivity index (χ2n) is 6.96. The Morgan fingerprint density at radius 2 is 1.79 bits per heavy atom. The van der Waals surface area contributed by atoms with Gasteiger partial charge in [0.1, 0.15) is 5.82 Å². The lowest BCUT2D eigenvalue weighted by Gasteiger charge is -2.32. The average molecular weight is 406 g/mol. The summed E-state index contributed by atoms with van der Waals surface area (Å²) in [6.45, 7) is 4.21. The molecule has 0 amide bonds. The Balaban J connectivity index is 1.76. The number of benzene rings is 2. The van der Waals surface area contributed by atoms with Gasteiger partial charge in [-0.05, 0) is 61.2 Å². The molecule has 1 aliphatic rings. The summed E-state index contributed by atoms with van der Waals surface area (Å²) >= 11 is 0. The zero-order valence-electron chi connectivity index (χ0n) is 15.8. The molecule has 0 radical (unpaired) electrons. The number of nitrogens with zero attached hydrogens (tertiary/aromatic N) is 1. The fourth-order valence-electron chi connectivity index (χ4n) is 3.16. The fourth-order valence-corrected chi connectivity index (χ4v) is 4.24. The molecule has 1 heterocycles. The van der Waals surface area contributed by atoms with Crippen LogP contribution in [-0.4, -0.2) is 34.6 Å². The topological polar surface area (TPSA) is 75.7 Å². The summed E-state index contributed by atoms with van der Waals surface area (Å²) in [6, 6.07) is 10.1. The Morgan fingerprint density at radius 3 is 2.39 bits per heavy atom. The van der Waals surface area contributed by atoms with E-state index in [1.807, 2.05) is 12.1 Å². The number of hydrogen-bond acceptors (Lipinski definition) is 5. The minimum atomic E-state index is -3.98. The van der Waals surface area contributed by atoms with Crippen LogP contribution in [0.25, 0.3) is 0 Å². The quantitative estimate of drug-likeness (QED) is 0.767. The van der Waals surface area contributed by atoms with Crippen molar-refractivity contribution in [2.75, 3.05) is 29.8 Å². The van der Waals surface area contributed by atoms with Gasteiger partial charge in [0.05, 0.1) is 17.6 Å². The summed E-state index contributed by atoms with van der Waals surface area (Å²) in [4.78, 5) is 13.7. The van der Waals surface area contributed by atoms with E-state index in [1.54, 1.807) is 12.1 Å². The number of halogens is 1. The van der Waals surface area contributed by atoms with Crippen LogP contribution in [0.15, 0.2) is 47.4 Å². The molecule has 1 N–H and O–H groups in total. The second-order valence-corrected chi connectivity index (χ2v) is 8.64. The number of hydrogen-bond donors (Lipinski definition) is 1. The van der Waals surface area contributed by atoms with E-state index in [4.69, 9.17) is 0 Å². The van der Waals surface area contributed by atoms with Crippen LogP contribution in [0.3, 0.4) is 0 Å². The highest BCUT2D eigenvalue weighted by Crippen LogP contribution is 2.25. The van der Waals surface area contributed by atoms with Gasteiger partial charge in [-0.3, -0.25) is 4.72 Å². The minimum Gasteiger partial charge on any atom is -0.465 e. The van der Waals surface area contributed by atoms with E-state index < -0.39 is 27.4 Å². The van der Waals surface area contributed by atoms with Crippen LogP contribution < -0.4 is 9.62 Å². The van der Waals surface area contributed by atoms with Crippen molar-refractivity contribution in [3.05, 3.63) is 53.8 Å². The monoisotopic (exact) mass is 406 g/mol. The largest absolute Gasteiger partial charge is 0.465 e. The lowest BCUT2D eigenvalue weighted by atomic mass is 9.99. The fraction of sp³-hybridized carbons (Fsp3) is 0.350. The van der Waals surface area contributed by atoms with Crippen molar-refractivity contribution >= 4 is 27.4 Å². The summed E-state index contributed by atoms with van der Waals surface area (Å²) in [5, 5.41) is 0. The predicted molar refractivity (Wildman–Crippen MR) is 106 cm³/mol. The first kappa shape index (κ1) is 20.1. The SMILES string of the molecule is COC(=O)c1cc(S(=O)(=O)Nc2ccc(N3CCC(C)CC3)cc2)ccc1F. The Labute approximate surface area is 164 Å². The first-order chi connectivity index (χ1) is 13.3. The van der Waals surface area contributed by atoms with Crippen molar-refractivity contribution in [3.63, 3.8) is 0 Å². The number of piperidine rings is 1. The molecular formula is C20H23FN2O4S. The number of anilines is 2. The molecular weight excluding hydrogens is 383 g/mol. The number of ether oxygens (including phenoxy) is 1. The first-order valence-electron chi connectivity index (χ1n) is 9.06. The van der Waals surface area contributed by atoms with Gasteiger partial charge in [0.15, 0.2) is 0 Å². The summed E-state index contributed by atoms with van der Waals surface area (Å²) < 4.78 is 45.9. The van der Waals surface area contributed by atoms with Gasteiger partial charge in [0.25, 0.3) is 10.0 Å². The maximum absolute atomic E-state index is 13.7. The van der Waals surface area contributed by atoms with Gasteiger partial charge in [-0.15, -0.1) is 0 Å². The number of methoxy groups -OCH3 is 1. The third-order valence-electron chi connectivity index (χ3n) is 4.92. The third-order valence-corrected chi connectivity index (χ3v) is 6.30. The summed E-state index contributed by atoms with van der Waals surface area (Å²) in [5.74, 6) is -1.05. The molecule has 1 fully saturated rings. The highest BCUT2D eigenvalue weighted by atomic mass is 32.2. The molecule has 1 saturated heterocycles. The molecule has 28 heavy (non-hydrogen) atoms. The van der Waals surface area contributed by atoms with Gasteiger partial charge in [0.2, 0.25) is 0 Å². The molecule has 0 aliphatic carbocycles. The molecule has 8 heteroatoms. The number of carbonyl (C=O) groups excluding carboxylic acids is 1. The molecule has 0 spiro atoms. The molecule has 1 aliphatic heterocycles. The highest BCUT2D eigenvalue weighted by Gasteiger charge is 2.20. The number of nitrogens with one attached hydrogen (secondary N) is 1. The van der Waals surface area contributed by atoms with E-state index >= 15 is 0 Å². The molecule has 6 nitrogen and oxygen atoms in total. The zero-order valence-corrected chi connectivity index (χ0v) is 16.6. The van der Waals surface area contributed by atoms with Crippen molar-refractivity contribution < 1.29 is 22.3 Å². The molecule has 0 unspecified atom stereocenters. The lowest BCUT2D eigenvalue weighted by Crippen LogP contribution is -2.32.